The lowest BCUT2D eigenvalue weighted by Crippen LogP contribution is -2.54. The molecule has 2 heterocycles. The maximum absolute atomic E-state index is 12.4. The number of hydrogen-bond acceptors (Lipinski definition) is 4. The van der Waals surface area contributed by atoms with Crippen LogP contribution >= 0.6 is 0 Å². The van der Waals surface area contributed by atoms with Crippen molar-refractivity contribution >= 4 is 6.09 Å². The van der Waals surface area contributed by atoms with Crippen LogP contribution in [0, 0.1) is 0 Å². The molecule has 1 amide bonds. The highest BCUT2D eigenvalue weighted by atomic mass is 19.1. The lowest BCUT2D eigenvalue weighted by atomic mass is 10.1. The minimum Gasteiger partial charge on any atom is -0.490 e. The molecule has 1 aliphatic heterocycles. The van der Waals surface area contributed by atoms with Gasteiger partial charge in [0.25, 0.3) is 0 Å². The second-order valence-electron chi connectivity index (χ2n) is 5.61. The van der Waals surface area contributed by atoms with Gasteiger partial charge in [-0.1, -0.05) is 30.3 Å². The van der Waals surface area contributed by atoms with Crippen LogP contribution in [0.2, 0.25) is 0 Å². The van der Waals surface area contributed by atoms with Crippen molar-refractivity contribution < 1.29 is 18.7 Å². The molecule has 1 aliphatic rings. The Balaban J connectivity index is 1.44. The number of carbonyl (C=O) groups is 1. The Bertz CT molecular complexity index is 664. The van der Waals surface area contributed by atoms with E-state index in [1.807, 2.05) is 30.3 Å². The SMILES string of the molecule is O=C(OCc1ccccc1)N1CC[C@@H]1COc1ccc(CF)nc1. The number of nitrogens with zero attached hydrogens (tertiary/aromatic N) is 2. The summed E-state index contributed by atoms with van der Waals surface area (Å²) in [6, 6.07) is 12.8. The van der Waals surface area contributed by atoms with E-state index in [0.717, 1.165) is 12.0 Å². The summed E-state index contributed by atoms with van der Waals surface area (Å²) >= 11 is 0. The van der Waals surface area contributed by atoms with Gasteiger partial charge in [0.2, 0.25) is 0 Å². The number of aromatic nitrogens is 1. The van der Waals surface area contributed by atoms with E-state index in [2.05, 4.69) is 4.98 Å². The van der Waals surface area contributed by atoms with Gasteiger partial charge in [0.1, 0.15) is 25.6 Å². The molecule has 6 heteroatoms. The summed E-state index contributed by atoms with van der Waals surface area (Å²) in [6.45, 7) is 0.708. The molecule has 0 unspecified atom stereocenters. The van der Waals surface area contributed by atoms with Crippen LogP contribution in [-0.4, -0.2) is 35.2 Å². The fourth-order valence-electron chi connectivity index (χ4n) is 2.42. The quantitative estimate of drug-likeness (QED) is 0.815. The smallest absolute Gasteiger partial charge is 0.410 e. The summed E-state index contributed by atoms with van der Waals surface area (Å²) in [5.74, 6) is 0.566. The predicted octanol–water partition coefficient (Wildman–Crippen LogP) is 3.34. The fourth-order valence-corrected chi connectivity index (χ4v) is 2.42. The standard InChI is InChI=1S/C18H19FN2O3/c19-10-15-6-7-17(11-20-15)23-13-16-8-9-21(16)18(22)24-12-14-4-2-1-3-5-14/h1-7,11,16H,8-10,12-13H2/t16-/m1/s1. The number of ether oxygens (including phenoxy) is 2. The number of benzene rings is 1. The lowest BCUT2D eigenvalue weighted by molar-refractivity contribution is 0.0259. The molecule has 1 aromatic carbocycles. The zero-order valence-electron chi connectivity index (χ0n) is 13.2. The van der Waals surface area contributed by atoms with E-state index in [1.165, 1.54) is 6.20 Å². The van der Waals surface area contributed by atoms with Gasteiger partial charge in [-0.05, 0) is 24.1 Å². The monoisotopic (exact) mass is 330 g/mol. The molecule has 24 heavy (non-hydrogen) atoms. The van der Waals surface area contributed by atoms with Crippen LogP contribution in [0.3, 0.4) is 0 Å². The number of amides is 1. The van der Waals surface area contributed by atoms with Gasteiger partial charge in [-0.15, -0.1) is 0 Å². The molecule has 1 aromatic heterocycles. The molecule has 0 aliphatic carbocycles. The average Bonchev–Trinajstić information content (AvgIpc) is 2.60. The number of rotatable bonds is 6. The number of halogens is 1. The van der Waals surface area contributed by atoms with Crippen LogP contribution in [0.5, 0.6) is 5.75 Å². The Kier molecular flexibility index (Phi) is 5.25. The predicted molar refractivity (Wildman–Crippen MR) is 86.3 cm³/mol. The van der Waals surface area contributed by atoms with Crippen LogP contribution in [-0.2, 0) is 18.0 Å². The van der Waals surface area contributed by atoms with Crippen molar-refractivity contribution in [2.45, 2.75) is 25.7 Å². The van der Waals surface area contributed by atoms with Gasteiger partial charge in [0, 0.05) is 6.54 Å². The lowest BCUT2D eigenvalue weighted by Gasteiger charge is -2.39. The van der Waals surface area contributed by atoms with Gasteiger partial charge >= 0.3 is 6.09 Å². The molecule has 5 nitrogen and oxygen atoms in total. The van der Waals surface area contributed by atoms with Crippen molar-refractivity contribution in [2.75, 3.05) is 13.2 Å². The van der Waals surface area contributed by atoms with Crippen LogP contribution < -0.4 is 4.74 Å². The summed E-state index contributed by atoms with van der Waals surface area (Å²) in [6.07, 6.45) is 2.03. The van der Waals surface area contributed by atoms with E-state index < -0.39 is 6.67 Å². The highest BCUT2D eigenvalue weighted by molar-refractivity contribution is 5.69. The Morgan fingerprint density at radius 3 is 2.71 bits per heavy atom. The summed E-state index contributed by atoms with van der Waals surface area (Å²) < 4.78 is 23.3. The minimum atomic E-state index is -0.593. The molecule has 126 valence electrons. The van der Waals surface area contributed by atoms with E-state index in [4.69, 9.17) is 9.47 Å². The number of pyridine rings is 1. The topological polar surface area (TPSA) is 51.7 Å². The maximum Gasteiger partial charge on any atom is 0.410 e. The third kappa shape index (κ3) is 4.01. The van der Waals surface area contributed by atoms with Gasteiger partial charge in [0.05, 0.1) is 17.9 Å². The first kappa shape index (κ1) is 16.2. The highest BCUT2D eigenvalue weighted by Gasteiger charge is 2.33. The summed E-state index contributed by atoms with van der Waals surface area (Å²) in [7, 11) is 0. The molecule has 0 spiro atoms. The van der Waals surface area contributed by atoms with Gasteiger partial charge < -0.3 is 14.4 Å². The zero-order valence-corrected chi connectivity index (χ0v) is 13.2. The van der Waals surface area contributed by atoms with E-state index >= 15 is 0 Å². The first-order valence-electron chi connectivity index (χ1n) is 7.87. The van der Waals surface area contributed by atoms with Crippen LogP contribution in [0.1, 0.15) is 17.7 Å². The Labute approximate surface area is 140 Å². The van der Waals surface area contributed by atoms with E-state index in [9.17, 15) is 9.18 Å². The molecule has 2 aromatic rings. The average molecular weight is 330 g/mol. The van der Waals surface area contributed by atoms with E-state index in [0.29, 0.717) is 24.6 Å². The molecule has 1 fully saturated rings. The second kappa shape index (κ2) is 7.77. The van der Waals surface area contributed by atoms with Gasteiger partial charge in [0.15, 0.2) is 0 Å². The fraction of sp³-hybridized carbons (Fsp3) is 0.333. The first-order chi connectivity index (χ1) is 11.8. The molecule has 0 saturated carbocycles. The molecule has 1 saturated heterocycles. The Morgan fingerprint density at radius 2 is 2.08 bits per heavy atom. The third-order valence-corrected chi connectivity index (χ3v) is 3.96. The van der Waals surface area contributed by atoms with Crippen molar-refractivity contribution in [2.24, 2.45) is 0 Å². The van der Waals surface area contributed by atoms with Gasteiger partial charge in [-0.25, -0.2) is 9.18 Å². The molecule has 1 atom stereocenters. The summed E-state index contributed by atoms with van der Waals surface area (Å²) in [4.78, 5) is 17.7. The maximum atomic E-state index is 12.4. The number of carbonyl (C=O) groups excluding carboxylic acids is 1. The van der Waals surface area contributed by atoms with Crippen LogP contribution in [0.15, 0.2) is 48.7 Å². The molecular formula is C18H19FN2O3. The number of alkyl halides is 1. The van der Waals surface area contributed by atoms with Crippen LogP contribution in [0.4, 0.5) is 9.18 Å². The van der Waals surface area contributed by atoms with Crippen molar-refractivity contribution in [3.8, 4) is 5.75 Å². The second-order valence-corrected chi connectivity index (χ2v) is 5.61. The zero-order chi connectivity index (χ0) is 16.8. The largest absolute Gasteiger partial charge is 0.490 e. The van der Waals surface area contributed by atoms with Crippen molar-refractivity contribution in [1.82, 2.24) is 9.88 Å². The normalized spacial score (nSPS) is 16.4. The van der Waals surface area contributed by atoms with E-state index in [-0.39, 0.29) is 18.7 Å². The number of likely N-dealkylation sites (tertiary alicyclic amines) is 1. The van der Waals surface area contributed by atoms with E-state index in [1.54, 1.807) is 17.0 Å². The minimum absolute atomic E-state index is 0.00544. The van der Waals surface area contributed by atoms with Crippen LogP contribution in [0.25, 0.3) is 0 Å². The molecule has 0 N–H and O–H groups in total. The molecule has 0 bridgehead atoms. The highest BCUT2D eigenvalue weighted by Crippen LogP contribution is 2.21. The Hall–Kier alpha value is -2.63. The van der Waals surface area contributed by atoms with Crippen molar-refractivity contribution in [3.63, 3.8) is 0 Å². The van der Waals surface area contributed by atoms with Gasteiger partial charge in [-0.3, -0.25) is 4.98 Å². The van der Waals surface area contributed by atoms with Crippen molar-refractivity contribution in [1.29, 1.82) is 0 Å². The van der Waals surface area contributed by atoms with Crippen molar-refractivity contribution in [3.05, 3.63) is 59.9 Å². The molecule has 3 rings (SSSR count). The first-order valence-corrected chi connectivity index (χ1v) is 7.87. The molecular weight excluding hydrogens is 311 g/mol. The third-order valence-electron chi connectivity index (χ3n) is 3.96. The Morgan fingerprint density at radius 1 is 1.25 bits per heavy atom. The number of hydrogen-bond donors (Lipinski definition) is 0. The van der Waals surface area contributed by atoms with Gasteiger partial charge in [-0.2, -0.15) is 0 Å². The summed E-state index contributed by atoms with van der Waals surface area (Å²) in [5.41, 5.74) is 1.33. The molecule has 0 radical (unpaired) electrons. The summed E-state index contributed by atoms with van der Waals surface area (Å²) in [5, 5.41) is 0.